The van der Waals surface area contributed by atoms with E-state index >= 15 is 0 Å². The van der Waals surface area contributed by atoms with Gasteiger partial charge in [0, 0.05) is 50.3 Å². The quantitative estimate of drug-likeness (QED) is 0.122. The molecule has 0 aliphatic carbocycles. The second kappa shape index (κ2) is 33.4. The molecule has 50 heavy (non-hydrogen) atoms. The van der Waals surface area contributed by atoms with E-state index in [9.17, 15) is 4.79 Å². The summed E-state index contributed by atoms with van der Waals surface area (Å²) in [5, 5.41) is 11.3. The van der Waals surface area contributed by atoms with Crippen LogP contribution in [-0.4, -0.2) is 67.0 Å². The van der Waals surface area contributed by atoms with Gasteiger partial charge in [-0.3, -0.25) is 14.8 Å². The largest absolute Gasteiger partial charge is 0.405 e. The van der Waals surface area contributed by atoms with E-state index in [2.05, 4.69) is 80.7 Å². The van der Waals surface area contributed by atoms with E-state index in [0.717, 1.165) is 64.0 Å². The number of aliphatic imine (C=N–C) groups is 1. The van der Waals surface area contributed by atoms with E-state index in [0.29, 0.717) is 23.5 Å². The van der Waals surface area contributed by atoms with Crippen molar-refractivity contribution in [3.8, 4) is 12.8 Å². The number of carbonyl (C=O) groups excluding carboxylic acids is 1. The van der Waals surface area contributed by atoms with Gasteiger partial charge >= 0.3 is 6.01 Å². The number of aromatic nitrogens is 3. The highest BCUT2D eigenvalue weighted by Gasteiger charge is 2.30. The molecule has 10 heteroatoms. The molecule has 1 aliphatic rings. The van der Waals surface area contributed by atoms with Crippen LogP contribution in [0.2, 0.25) is 0 Å². The number of ether oxygens (including phenoxy) is 1. The average Bonchev–Trinajstić information content (AvgIpc) is 3.63. The Bertz CT molecular complexity index is 1210. The fourth-order valence-electron chi connectivity index (χ4n) is 4.41. The number of piperidine rings is 1. The van der Waals surface area contributed by atoms with Crippen molar-refractivity contribution >= 4 is 17.5 Å². The van der Waals surface area contributed by atoms with Crippen molar-refractivity contribution in [3.05, 3.63) is 72.6 Å². The van der Waals surface area contributed by atoms with Crippen LogP contribution in [0.1, 0.15) is 105 Å². The van der Waals surface area contributed by atoms with Crippen LogP contribution in [0, 0.1) is 24.7 Å². The van der Waals surface area contributed by atoms with E-state index in [4.69, 9.17) is 14.9 Å². The number of rotatable bonds is 13. The monoisotopic (exact) mass is 696 g/mol. The normalized spacial score (nSPS) is 13.5. The second-order valence-electron chi connectivity index (χ2n) is 11.2. The fraction of sp³-hybridized carbons (Fsp3) is 0.575. The lowest BCUT2D eigenvalue weighted by molar-refractivity contribution is -0.118. The molecule has 2 aromatic rings. The number of methoxy groups -OCH3 is 1. The number of pyridine rings is 1. The molecule has 10 nitrogen and oxygen atoms in total. The third kappa shape index (κ3) is 23.3. The number of ketones is 1. The zero-order valence-electron chi connectivity index (χ0n) is 33.2. The zero-order chi connectivity index (χ0) is 38.9. The summed E-state index contributed by atoms with van der Waals surface area (Å²) in [4.78, 5) is 22.9. The molecule has 0 bridgehead atoms. The minimum Gasteiger partial charge on any atom is -0.405 e. The molecule has 0 radical (unpaired) electrons. The van der Waals surface area contributed by atoms with Crippen molar-refractivity contribution in [2.75, 3.05) is 45.2 Å². The fourth-order valence-corrected chi connectivity index (χ4v) is 4.41. The highest BCUT2D eigenvalue weighted by molar-refractivity contribution is 6.05. The number of likely N-dealkylation sites (N-methyl/N-ethyl adjacent to an activating group) is 1. The van der Waals surface area contributed by atoms with Gasteiger partial charge in [-0.1, -0.05) is 56.7 Å². The number of nitrogens with one attached hydrogen (secondary N) is 1. The molecule has 3 N–H and O–H groups in total. The maximum absolute atomic E-state index is 11.7. The maximum Gasteiger partial charge on any atom is 0.318 e. The average molecular weight is 696 g/mol. The standard InChI is InChI=1S/C17H28N4O3.C13H20N2.C3H7N.C3H6.C2H6.C2H2/c1-6-18-15(11(2)12(3)22)14-7-9-21(10-8-14)17-20-19-16(24-17)13(4)23-5;1-3-4-5-6-13-8-7-12(11-15-13)9-10-14-2;1-3(2)4;1-3-2;2*1-2/h11,13-14H,6-10H2,1-5H3;3-4,7-8,11,14H,5-6,9-10H2,1-2H3;1,4H2,2H3;3H,1H2,2H3;1-2H3;1-2H/b;4-3-;;;;/t11?,13-;;;;;/m1...../s1. The SMILES string of the molecule is C#C.C/C=C\CCc1ccc(CCNC)cn1.C=C(C)N.C=CC.CC.CCN=C(C1CCN(c2nnc([C@@H](C)OC)o2)CC1)C(C)C(C)=O. The third-order valence-corrected chi connectivity index (χ3v) is 7.06. The molecule has 1 unspecified atom stereocenters. The van der Waals surface area contributed by atoms with Crippen molar-refractivity contribution in [2.45, 2.75) is 101 Å². The number of anilines is 1. The van der Waals surface area contributed by atoms with Gasteiger partial charge in [0.15, 0.2) is 0 Å². The number of terminal acetylenes is 1. The molecule has 2 atom stereocenters. The lowest BCUT2D eigenvalue weighted by Gasteiger charge is -2.32. The maximum atomic E-state index is 11.7. The van der Waals surface area contributed by atoms with Gasteiger partial charge in [-0.25, -0.2) is 0 Å². The summed E-state index contributed by atoms with van der Waals surface area (Å²) in [5.74, 6) is 0.923. The van der Waals surface area contributed by atoms with E-state index in [-0.39, 0.29) is 17.8 Å². The van der Waals surface area contributed by atoms with Crippen LogP contribution >= 0.6 is 0 Å². The van der Waals surface area contributed by atoms with E-state index < -0.39 is 0 Å². The van der Waals surface area contributed by atoms with Gasteiger partial charge in [0.1, 0.15) is 11.9 Å². The molecule has 3 heterocycles. The van der Waals surface area contributed by atoms with Gasteiger partial charge in [-0.05, 0) is 105 Å². The van der Waals surface area contributed by atoms with Crippen LogP contribution in [0.25, 0.3) is 0 Å². The molecule has 2 aromatic heterocycles. The van der Waals surface area contributed by atoms with Crippen LogP contribution in [0.15, 0.2) is 64.8 Å². The molecule has 282 valence electrons. The van der Waals surface area contributed by atoms with E-state index in [1.54, 1.807) is 27.0 Å². The Morgan fingerprint density at radius 2 is 1.76 bits per heavy atom. The van der Waals surface area contributed by atoms with Crippen LogP contribution in [-0.2, 0) is 22.4 Å². The Hall–Kier alpha value is -4.07. The van der Waals surface area contributed by atoms with E-state index in [1.165, 1.54) is 11.3 Å². The van der Waals surface area contributed by atoms with Crippen LogP contribution in [0.3, 0.4) is 0 Å². The first kappa shape index (κ1) is 50.3. The summed E-state index contributed by atoms with van der Waals surface area (Å²) in [5.41, 5.74) is 9.12. The molecule has 0 aromatic carbocycles. The number of hydrogen-bond acceptors (Lipinski definition) is 10. The Morgan fingerprint density at radius 1 is 1.18 bits per heavy atom. The Balaban J connectivity index is -0.000000724. The van der Waals surface area contributed by atoms with Gasteiger partial charge in [-0.15, -0.1) is 24.5 Å². The van der Waals surface area contributed by atoms with Gasteiger partial charge in [0.25, 0.3) is 0 Å². The number of allylic oxidation sites excluding steroid dienone is 4. The molecule has 0 spiro atoms. The molecule has 1 saturated heterocycles. The first-order valence-electron chi connectivity index (χ1n) is 17.7. The van der Waals surface area contributed by atoms with Gasteiger partial charge < -0.3 is 25.1 Å². The van der Waals surface area contributed by atoms with Gasteiger partial charge in [0.05, 0.1) is 5.92 Å². The summed E-state index contributed by atoms with van der Waals surface area (Å²) in [7, 11) is 3.59. The Labute approximate surface area is 305 Å². The number of nitrogens with zero attached hydrogens (tertiary/aromatic N) is 5. The number of hydrogen-bond donors (Lipinski definition) is 2. The number of carbonyl (C=O) groups is 1. The molecule has 0 amide bonds. The number of Topliss-reactive ketones (excluding diaryl/α,β-unsaturated/α-hetero) is 1. The molecule has 1 aliphatic heterocycles. The van der Waals surface area contributed by atoms with Crippen molar-refractivity contribution in [2.24, 2.45) is 22.6 Å². The van der Waals surface area contributed by atoms with Crippen LogP contribution < -0.4 is 16.0 Å². The summed E-state index contributed by atoms with van der Waals surface area (Å²) in [6.45, 7) is 27.2. The lowest BCUT2D eigenvalue weighted by Crippen LogP contribution is -2.39. The smallest absolute Gasteiger partial charge is 0.318 e. The molecule has 0 saturated carbocycles. The van der Waals surface area contributed by atoms with Gasteiger partial charge in [-0.2, -0.15) is 0 Å². The predicted molar refractivity (Wildman–Crippen MR) is 214 cm³/mol. The lowest BCUT2D eigenvalue weighted by atomic mass is 9.84. The summed E-state index contributed by atoms with van der Waals surface area (Å²) in [6.07, 6.45) is 20.8. The highest BCUT2D eigenvalue weighted by Crippen LogP contribution is 2.27. The van der Waals surface area contributed by atoms with Crippen molar-refractivity contribution in [1.29, 1.82) is 0 Å². The summed E-state index contributed by atoms with van der Waals surface area (Å²) in [6, 6.07) is 4.85. The molecule has 1 fully saturated rings. The van der Waals surface area contributed by atoms with Crippen molar-refractivity contribution in [1.82, 2.24) is 20.5 Å². The predicted octanol–water partition coefficient (Wildman–Crippen LogP) is 7.98. The minimum atomic E-state index is -0.205. The summed E-state index contributed by atoms with van der Waals surface area (Å²) >= 11 is 0. The zero-order valence-corrected chi connectivity index (χ0v) is 33.2. The Morgan fingerprint density at radius 3 is 2.20 bits per heavy atom. The third-order valence-electron chi connectivity index (χ3n) is 7.06. The molecular formula is C40H69N7O3. The highest BCUT2D eigenvalue weighted by atomic mass is 16.5. The van der Waals surface area contributed by atoms with Crippen LogP contribution in [0.5, 0.6) is 0 Å². The first-order valence-corrected chi connectivity index (χ1v) is 17.7. The molecule has 3 rings (SSSR count). The van der Waals surface area contributed by atoms with Crippen LogP contribution in [0.4, 0.5) is 6.01 Å². The van der Waals surface area contributed by atoms with Crippen molar-refractivity contribution < 1.29 is 13.9 Å². The van der Waals surface area contributed by atoms with Gasteiger partial charge in [0.2, 0.25) is 5.89 Å². The second-order valence-corrected chi connectivity index (χ2v) is 11.2. The number of nitrogens with two attached hydrogens (primary N) is 1. The molecular weight excluding hydrogens is 626 g/mol. The first-order chi connectivity index (χ1) is 24.0. The number of aryl methyl sites for hydroxylation is 1. The summed E-state index contributed by atoms with van der Waals surface area (Å²) < 4.78 is 10.9. The van der Waals surface area contributed by atoms with Crippen molar-refractivity contribution in [3.63, 3.8) is 0 Å². The minimum absolute atomic E-state index is 0.0981. The van der Waals surface area contributed by atoms with E-state index in [1.807, 2.05) is 61.7 Å². The Kier molecular flexibility index (Phi) is 33.6. The topological polar surface area (TPSA) is 132 Å².